The van der Waals surface area contributed by atoms with E-state index in [4.69, 9.17) is 5.26 Å². The normalized spacial score (nSPS) is 23.4. The zero-order chi connectivity index (χ0) is 20.3. The van der Waals surface area contributed by atoms with Gasteiger partial charge in [0, 0.05) is 32.1 Å². The van der Waals surface area contributed by atoms with E-state index in [0.717, 1.165) is 0 Å². The zero-order valence-electron chi connectivity index (χ0n) is 15.2. The molecule has 1 aromatic rings. The van der Waals surface area contributed by atoms with Gasteiger partial charge in [0.15, 0.2) is 9.84 Å². The molecule has 0 radical (unpaired) electrons. The molecule has 2 aliphatic rings. The van der Waals surface area contributed by atoms with Gasteiger partial charge in [-0.2, -0.15) is 5.26 Å². The molecule has 150 valence electrons. The zero-order valence-corrected chi connectivity index (χ0v) is 16.0. The minimum atomic E-state index is -3.10. The summed E-state index contributed by atoms with van der Waals surface area (Å²) in [7, 11) is -3.10. The van der Waals surface area contributed by atoms with Crippen LogP contribution >= 0.6 is 0 Å². The van der Waals surface area contributed by atoms with Crippen molar-refractivity contribution in [3.8, 4) is 6.07 Å². The number of anilines is 1. The summed E-state index contributed by atoms with van der Waals surface area (Å²) in [4.78, 5) is 26.0. The van der Waals surface area contributed by atoms with Gasteiger partial charge in [-0.05, 0) is 18.6 Å². The molecule has 10 heteroatoms. The lowest BCUT2D eigenvalue weighted by Crippen LogP contribution is -2.39. The van der Waals surface area contributed by atoms with Crippen LogP contribution in [0.4, 0.5) is 10.1 Å². The van der Waals surface area contributed by atoms with Crippen LogP contribution in [0.25, 0.3) is 0 Å². The van der Waals surface area contributed by atoms with Gasteiger partial charge in [-0.25, -0.2) is 12.8 Å². The maximum Gasteiger partial charge on any atom is 0.225 e. The van der Waals surface area contributed by atoms with Crippen molar-refractivity contribution >= 4 is 27.3 Å². The fraction of sp³-hybridized carbons (Fsp3) is 0.500. The van der Waals surface area contributed by atoms with Gasteiger partial charge in [0.2, 0.25) is 11.8 Å². The fourth-order valence-electron chi connectivity index (χ4n) is 3.59. The minimum Gasteiger partial charge on any atom is -0.382 e. The second kappa shape index (κ2) is 8.14. The Hall–Kier alpha value is -2.67. The third kappa shape index (κ3) is 4.42. The van der Waals surface area contributed by atoms with E-state index in [9.17, 15) is 22.4 Å². The molecular weight excluding hydrogens is 387 g/mol. The van der Waals surface area contributed by atoms with E-state index in [1.165, 1.54) is 17.0 Å². The van der Waals surface area contributed by atoms with Gasteiger partial charge in [0.1, 0.15) is 17.4 Å². The highest BCUT2D eigenvalue weighted by Gasteiger charge is 2.41. The van der Waals surface area contributed by atoms with Crippen LogP contribution in [0.3, 0.4) is 0 Å². The summed E-state index contributed by atoms with van der Waals surface area (Å²) in [5.74, 6) is -1.56. The Balaban J connectivity index is 1.47. The van der Waals surface area contributed by atoms with Crippen LogP contribution in [0.2, 0.25) is 0 Å². The molecule has 2 amide bonds. The Labute approximate surface area is 162 Å². The van der Waals surface area contributed by atoms with Crippen molar-refractivity contribution in [2.24, 2.45) is 5.92 Å². The number of halogens is 1. The third-order valence-electron chi connectivity index (χ3n) is 5.04. The molecule has 0 bridgehead atoms. The van der Waals surface area contributed by atoms with E-state index in [2.05, 4.69) is 10.6 Å². The standard InChI is InChI=1S/C18H21FN4O4S/c19-15-2-1-3-16(14(15)9-20)21-5-6-22-18(25)12-8-17(24)23(10-12)13-4-7-28(26,27)11-13/h1-3,12-13,21H,4-8,10-11H2,(H,22,25). The molecule has 28 heavy (non-hydrogen) atoms. The van der Waals surface area contributed by atoms with Crippen molar-refractivity contribution in [1.82, 2.24) is 10.2 Å². The molecule has 8 nitrogen and oxygen atoms in total. The van der Waals surface area contributed by atoms with Crippen molar-refractivity contribution in [3.63, 3.8) is 0 Å². The van der Waals surface area contributed by atoms with Crippen molar-refractivity contribution in [2.45, 2.75) is 18.9 Å². The van der Waals surface area contributed by atoms with E-state index >= 15 is 0 Å². The van der Waals surface area contributed by atoms with Crippen molar-refractivity contribution in [1.29, 1.82) is 5.26 Å². The molecule has 3 rings (SSSR count). The molecule has 2 heterocycles. The Bertz CT molecular complexity index is 928. The lowest BCUT2D eigenvalue weighted by atomic mass is 10.1. The van der Waals surface area contributed by atoms with Crippen molar-refractivity contribution in [3.05, 3.63) is 29.6 Å². The van der Waals surface area contributed by atoms with Gasteiger partial charge in [-0.3, -0.25) is 9.59 Å². The van der Waals surface area contributed by atoms with E-state index in [-0.39, 0.29) is 61.0 Å². The maximum atomic E-state index is 13.5. The average molecular weight is 408 g/mol. The summed E-state index contributed by atoms with van der Waals surface area (Å²) in [6, 6.07) is 5.71. The van der Waals surface area contributed by atoms with Crippen LogP contribution in [0.15, 0.2) is 18.2 Å². The molecule has 0 aromatic heterocycles. The monoisotopic (exact) mass is 408 g/mol. The Morgan fingerprint density at radius 1 is 1.36 bits per heavy atom. The first-order chi connectivity index (χ1) is 13.3. The Kier molecular flexibility index (Phi) is 5.84. The van der Waals surface area contributed by atoms with Crippen LogP contribution in [-0.4, -0.2) is 62.3 Å². The van der Waals surface area contributed by atoms with Crippen LogP contribution in [-0.2, 0) is 19.4 Å². The van der Waals surface area contributed by atoms with Crippen LogP contribution < -0.4 is 10.6 Å². The Morgan fingerprint density at radius 2 is 2.14 bits per heavy atom. The minimum absolute atomic E-state index is 0.0359. The molecular formula is C18H21FN4O4S. The number of nitrogens with one attached hydrogen (secondary N) is 2. The maximum absolute atomic E-state index is 13.5. The van der Waals surface area contributed by atoms with Crippen LogP contribution in [0, 0.1) is 23.1 Å². The van der Waals surface area contributed by atoms with Gasteiger partial charge in [-0.15, -0.1) is 0 Å². The molecule has 2 N–H and O–H groups in total. The van der Waals surface area contributed by atoms with Gasteiger partial charge in [0.25, 0.3) is 0 Å². The van der Waals surface area contributed by atoms with E-state index in [1.807, 2.05) is 0 Å². The quantitative estimate of drug-likeness (QED) is 0.652. The molecule has 0 aliphatic carbocycles. The number of amides is 2. The smallest absolute Gasteiger partial charge is 0.225 e. The first-order valence-corrected chi connectivity index (χ1v) is 10.8. The number of nitrogens with zero attached hydrogens (tertiary/aromatic N) is 2. The summed E-state index contributed by atoms with van der Waals surface area (Å²) in [5.41, 5.74) is 0.263. The number of carbonyl (C=O) groups is 2. The first-order valence-electron chi connectivity index (χ1n) is 9.01. The Morgan fingerprint density at radius 3 is 2.82 bits per heavy atom. The third-order valence-corrected chi connectivity index (χ3v) is 6.79. The summed E-state index contributed by atoms with van der Waals surface area (Å²) >= 11 is 0. The summed E-state index contributed by atoms with van der Waals surface area (Å²) in [6.07, 6.45) is 0.486. The van der Waals surface area contributed by atoms with Gasteiger partial charge in [0.05, 0.1) is 23.1 Å². The largest absolute Gasteiger partial charge is 0.382 e. The number of sulfone groups is 1. The van der Waals surface area contributed by atoms with E-state index < -0.39 is 21.6 Å². The highest BCUT2D eigenvalue weighted by molar-refractivity contribution is 7.91. The SMILES string of the molecule is N#Cc1c(F)cccc1NCCNC(=O)C1CC(=O)N(C2CCS(=O)(=O)C2)C1. The second-order valence-corrected chi connectivity index (χ2v) is 9.22. The summed E-state index contributed by atoms with van der Waals surface area (Å²) < 4.78 is 36.8. The number of benzene rings is 1. The topological polar surface area (TPSA) is 119 Å². The number of likely N-dealkylation sites (tertiary alicyclic amines) is 1. The van der Waals surface area contributed by atoms with Crippen molar-refractivity contribution in [2.75, 3.05) is 36.5 Å². The molecule has 0 spiro atoms. The lowest BCUT2D eigenvalue weighted by molar-refractivity contribution is -0.130. The predicted octanol–water partition coefficient (Wildman–Crippen LogP) is 0.261. The lowest BCUT2D eigenvalue weighted by Gasteiger charge is -2.22. The number of hydrogen-bond donors (Lipinski definition) is 2. The van der Waals surface area contributed by atoms with Crippen LogP contribution in [0.5, 0.6) is 0 Å². The van der Waals surface area contributed by atoms with E-state index in [0.29, 0.717) is 12.1 Å². The molecule has 2 atom stereocenters. The molecule has 0 saturated carbocycles. The number of rotatable bonds is 6. The fourth-order valence-corrected chi connectivity index (χ4v) is 5.32. The predicted molar refractivity (Wildman–Crippen MR) is 99.5 cm³/mol. The summed E-state index contributed by atoms with van der Waals surface area (Å²) in [6.45, 7) is 0.749. The summed E-state index contributed by atoms with van der Waals surface area (Å²) in [5, 5.41) is 14.6. The number of nitriles is 1. The highest BCUT2D eigenvalue weighted by atomic mass is 32.2. The second-order valence-electron chi connectivity index (χ2n) is 7.00. The van der Waals surface area contributed by atoms with E-state index in [1.54, 1.807) is 12.1 Å². The van der Waals surface area contributed by atoms with Crippen LogP contribution in [0.1, 0.15) is 18.4 Å². The average Bonchev–Trinajstić information content (AvgIpc) is 3.20. The van der Waals surface area contributed by atoms with Crippen molar-refractivity contribution < 1.29 is 22.4 Å². The number of hydrogen-bond acceptors (Lipinski definition) is 6. The molecule has 2 saturated heterocycles. The first kappa shape index (κ1) is 20.1. The molecule has 2 fully saturated rings. The van der Waals surface area contributed by atoms with Gasteiger partial charge >= 0.3 is 0 Å². The van der Waals surface area contributed by atoms with Gasteiger partial charge in [-0.1, -0.05) is 6.07 Å². The van der Waals surface area contributed by atoms with Gasteiger partial charge < -0.3 is 15.5 Å². The molecule has 2 aliphatic heterocycles. The molecule has 1 aromatic carbocycles. The highest BCUT2D eigenvalue weighted by Crippen LogP contribution is 2.26. The molecule has 2 unspecified atom stereocenters. The number of carbonyl (C=O) groups excluding carboxylic acids is 2.